The number of carbonyl (C=O) groups is 1. The van der Waals surface area contributed by atoms with Crippen molar-refractivity contribution in [3.8, 4) is 0 Å². The first-order valence-corrected chi connectivity index (χ1v) is 9.97. The molecule has 0 unspecified atom stereocenters. The monoisotopic (exact) mass is 350 g/mol. The van der Waals surface area contributed by atoms with Crippen molar-refractivity contribution in [2.24, 2.45) is 16.7 Å². The SMILES string of the molecule is COC(=O)C[C@@]1(C)CC[C@]2(O1)[C@@]1(C)CCCC(C)(C)[C@H]1C[C@@H]1O[C@@]12C. The summed E-state index contributed by atoms with van der Waals surface area (Å²) in [6.45, 7) is 11.6. The average molecular weight is 350 g/mol. The van der Waals surface area contributed by atoms with Crippen LogP contribution in [-0.4, -0.2) is 36.0 Å². The van der Waals surface area contributed by atoms with Gasteiger partial charge in [-0.25, -0.2) is 0 Å². The van der Waals surface area contributed by atoms with E-state index in [9.17, 15) is 4.79 Å². The third-order valence-corrected chi connectivity index (χ3v) is 8.52. The van der Waals surface area contributed by atoms with Crippen molar-refractivity contribution in [2.45, 2.75) is 102 Å². The minimum Gasteiger partial charge on any atom is -0.469 e. The van der Waals surface area contributed by atoms with Crippen molar-refractivity contribution in [1.29, 1.82) is 0 Å². The second-order valence-corrected chi connectivity index (χ2v) is 10.4. The standard InChI is InChI=1S/C21H34O4/c1-17(2)8-7-9-19(4)14(17)12-15-20(5,24-15)21(19)11-10-18(3,25-21)13-16(22)23-6/h14-15H,7-13H2,1-6H3/t14-,15+,18-,19+,20+,21+/m1/s1. The summed E-state index contributed by atoms with van der Waals surface area (Å²) in [5, 5.41) is 0. The molecule has 4 rings (SSSR count). The topological polar surface area (TPSA) is 48.1 Å². The van der Waals surface area contributed by atoms with Crippen molar-refractivity contribution < 1.29 is 19.0 Å². The fourth-order valence-electron chi connectivity index (χ4n) is 7.07. The van der Waals surface area contributed by atoms with E-state index in [0.717, 1.165) is 19.3 Å². The molecule has 0 aromatic carbocycles. The lowest BCUT2D eigenvalue weighted by atomic mass is 9.44. The number of rotatable bonds is 2. The van der Waals surface area contributed by atoms with Crippen LogP contribution in [0.5, 0.6) is 0 Å². The number of fused-ring (bicyclic) bond motifs is 4. The molecule has 2 aliphatic heterocycles. The molecule has 0 N–H and O–H groups in total. The van der Waals surface area contributed by atoms with Crippen molar-refractivity contribution in [3.05, 3.63) is 0 Å². The number of methoxy groups -OCH3 is 1. The van der Waals surface area contributed by atoms with E-state index in [1.54, 1.807) is 0 Å². The fraction of sp³-hybridized carbons (Fsp3) is 0.952. The van der Waals surface area contributed by atoms with E-state index in [1.807, 2.05) is 0 Å². The van der Waals surface area contributed by atoms with Gasteiger partial charge in [-0.15, -0.1) is 0 Å². The van der Waals surface area contributed by atoms with Crippen LogP contribution < -0.4 is 0 Å². The van der Waals surface area contributed by atoms with Gasteiger partial charge in [-0.2, -0.15) is 0 Å². The van der Waals surface area contributed by atoms with Gasteiger partial charge in [0.2, 0.25) is 0 Å². The van der Waals surface area contributed by atoms with Crippen LogP contribution in [-0.2, 0) is 19.0 Å². The predicted molar refractivity (Wildman–Crippen MR) is 95.2 cm³/mol. The van der Waals surface area contributed by atoms with E-state index >= 15 is 0 Å². The molecule has 0 bridgehead atoms. The third kappa shape index (κ3) is 2.16. The molecule has 4 heteroatoms. The number of carbonyl (C=O) groups excluding carboxylic acids is 1. The predicted octanol–water partition coefficient (Wildman–Crippen LogP) is 4.25. The Morgan fingerprint density at radius 1 is 1.08 bits per heavy atom. The van der Waals surface area contributed by atoms with Gasteiger partial charge in [0.15, 0.2) is 0 Å². The van der Waals surface area contributed by atoms with Crippen LogP contribution in [0.15, 0.2) is 0 Å². The zero-order chi connectivity index (χ0) is 18.3. The Bertz CT molecular complexity index is 601. The molecule has 4 fully saturated rings. The molecule has 0 aromatic rings. The van der Waals surface area contributed by atoms with Gasteiger partial charge in [0.05, 0.1) is 25.2 Å². The maximum atomic E-state index is 11.9. The summed E-state index contributed by atoms with van der Waals surface area (Å²) in [6.07, 6.45) is 7.40. The van der Waals surface area contributed by atoms with Gasteiger partial charge in [-0.05, 0) is 57.3 Å². The molecule has 2 saturated heterocycles. The molecule has 2 aliphatic carbocycles. The van der Waals surface area contributed by atoms with E-state index in [4.69, 9.17) is 14.2 Å². The van der Waals surface area contributed by atoms with Gasteiger partial charge in [-0.1, -0.05) is 27.2 Å². The normalized spacial score (nSPS) is 53.2. The Hall–Kier alpha value is -0.610. The minimum absolute atomic E-state index is 0.102. The van der Waals surface area contributed by atoms with Crippen LogP contribution in [0.4, 0.5) is 0 Å². The quantitative estimate of drug-likeness (QED) is 0.552. The number of esters is 1. The lowest BCUT2D eigenvalue weighted by Crippen LogP contribution is -2.66. The summed E-state index contributed by atoms with van der Waals surface area (Å²) in [7, 11) is 1.46. The number of ether oxygens (including phenoxy) is 3. The Labute approximate surface area is 152 Å². The van der Waals surface area contributed by atoms with Gasteiger partial charge >= 0.3 is 5.97 Å². The highest BCUT2D eigenvalue weighted by atomic mass is 16.7. The average Bonchev–Trinajstić information content (AvgIpc) is 3.05. The minimum atomic E-state index is -0.445. The summed E-state index contributed by atoms with van der Waals surface area (Å²) < 4.78 is 18.2. The third-order valence-electron chi connectivity index (χ3n) is 8.52. The second kappa shape index (κ2) is 5.01. The van der Waals surface area contributed by atoms with Crippen LogP contribution in [0, 0.1) is 16.7 Å². The highest BCUT2D eigenvalue weighted by Gasteiger charge is 2.80. The van der Waals surface area contributed by atoms with Crippen molar-refractivity contribution in [3.63, 3.8) is 0 Å². The Morgan fingerprint density at radius 2 is 1.80 bits per heavy atom. The van der Waals surface area contributed by atoms with Crippen molar-refractivity contribution in [2.75, 3.05) is 7.11 Å². The molecule has 4 nitrogen and oxygen atoms in total. The first kappa shape index (κ1) is 17.8. The molecule has 6 atom stereocenters. The molecular formula is C21H34O4. The zero-order valence-corrected chi connectivity index (χ0v) is 16.7. The maximum absolute atomic E-state index is 11.9. The molecule has 142 valence electrons. The first-order valence-electron chi connectivity index (χ1n) is 9.97. The van der Waals surface area contributed by atoms with E-state index in [0.29, 0.717) is 23.9 Å². The summed E-state index contributed by atoms with van der Waals surface area (Å²) in [4.78, 5) is 11.9. The van der Waals surface area contributed by atoms with Gasteiger partial charge < -0.3 is 14.2 Å². The molecule has 0 radical (unpaired) electrons. The van der Waals surface area contributed by atoms with E-state index in [-0.39, 0.29) is 22.6 Å². The van der Waals surface area contributed by atoms with Gasteiger partial charge in [0.25, 0.3) is 0 Å². The van der Waals surface area contributed by atoms with Crippen LogP contribution in [0.2, 0.25) is 0 Å². The molecule has 1 spiro atoms. The lowest BCUT2D eigenvalue weighted by molar-refractivity contribution is -0.237. The van der Waals surface area contributed by atoms with E-state index < -0.39 is 5.60 Å². The van der Waals surface area contributed by atoms with Gasteiger partial charge in [-0.3, -0.25) is 4.79 Å². The number of epoxide rings is 1. The van der Waals surface area contributed by atoms with Crippen LogP contribution in [0.1, 0.15) is 79.6 Å². The van der Waals surface area contributed by atoms with E-state index in [2.05, 4.69) is 34.6 Å². The molecule has 2 saturated carbocycles. The molecule has 25 heavy (non-hydrogen) atoms. The summed E-state index contributed by atoms with van der Waals surface area (Å²) >= 11 is 0. The Morgan fingerprint density at radius 3 is 2.48 bits per heavy atom. The highest BCUT2D eigenvalue weighted by Crippen LogP contribution is 2.74. The smallest absolute Gasteiger partial charge is 0.308 e. The molecule has 4 aliphatic rings. The van der Waals surface area contributed by atoms with Crippen LogP contribution >= 0.6 is 0 Å². The largest absolute Gasteiger partial charge is 0.469 e. The second-order valence-electron chi connectivity index (χ2n) is 10.4. The Kier molecular flexibility index (Phi) is 3.56. The van der Waals surface area contributed by atoms with Crippen molar-refractivity contribution in [1.82, 2.24) is 0 Å². The molecular weight excluding hydrogens is 316 g/mol. The number of hydrogen-bond donors (Lipinski definition) is 0. The van der Waals surface area contributed by atoms with Crippen LogP contribution in [0.3, 0.4) is 0 Å². The fourth-order valence-corrected chi connectivity index (χ4v) is 7.07. The van der Waals surface area contributed by atoms with Gasteiger partial charge in [0, 0.05) is 5.41 Å². The lowest BCUT2D eigenvalue weighted by Gasteiger charge is -2.62. The molecule has 0 amide bonds. The highest BCUT2D eigenvalue weighted by molar-refractivity contribution is 5.70. The summed E-state index contributed by atoms with van der Waals surface area (Å²) in [5.41, 5.74) is -0.505. The van der Waals surface area contributed by atoms with Gasteiger partial charge in [0.1, 0.15) is 11.2 Å². The Balaban J connectivity index is 1.73. The zero-order valence-electron chi connectivity index (χ0n) is 16.7. The number of hydrogen-bond acceptors (Lipinski definition) is 4. The van der Waals surface area contributed by atoms with Crippen LogP contribution in [0.25, 0.3) is 0 Å². The molecule has 0 aromatic heterocycles. The van der Waals surface area contributed by atoms with Crippen molar-refractivity contribution >= 4 is 5.97 Å². The van der Waals surface area contributed by atoms with E-state index in [1.165, 1.54) is 26.4 Å². The maximum Gasteiger partial charge on any atom is 0.308 e. The summed E-state index contributed by atoms with van der Waals surface area (Å²) in [6, 6.07) is 0. The molecule has 2 heterocycles. The summed E-state index contributed by atoms with van der Waals surface area (Å²) in [5.74, 6) is 0.425. The first-order chi connectivity index (χ1) is 11.5.